The minimum atomic E-state index is -0.663. The molecule has 0 saturated carbocycles. The van der Waals surface area contributed by atoms with Crippen LogP contribution in [0.5, 0.6) is 11.5 Å². The number of hydrogen-bond acceptors (Lipinski definition) is 5. The van der Waals surface area contributed by atoms with Gasteiger partial charge in [0.05, 0.1) is 23.8 Å². The molecule has 1 N–H and O–H groups in total. The van der Waals surface area contributed by atoms with E-state index in [1.54, 1.807) is 0 Å². The molecule has 6 nitrogen and oxygen atoms in total. The van der Waals surface area contributed by atoms with E-state index in [2.05, 4.69) is 5.32 Å². The number of carbonyl (C=O) groups is 2. The largest absolute Gasteiger partial charge is 0.493 e. The van der Waals surface area contributed by atoms with Crippen LogP contribution in [-0.4, -0.2) is 37.7 Å². The minimum Gasteiger partial charge on any atom is -0.493 e. The van der Waals surface area contributed by atoms with E-state index < -0.39 is 5.97 Å². The first-order valence-corrected chi connectivity index (χ1v) is 8.54. The van der Waals surface area contributed by atoms with Crippen molar-refractivity contribution >= 4 is 23.5 Å². The zero-order chi connectivity index (χ0) is 19.1. The highest BCUT2D eigenvalue weighted by atomic mass is 35.5. The first-order valence-electron chi connectivity index (χ1n) is 8.16. The monoisotopic (exact) mass is 371 g/mol. The molecule has 0 spiro atoms. The van der Waals surface area contributed by atoms with Crippen LogP contribution in [0.15, 0.2) is 12.1 Å². The van der Waals surface area contributed by atoms with E-state index in [4.69, 9.17) is 25.8 Å². The summed E-state index contributed by atoms with van der Waals surface area (Å²) in [5.74, 6) is -0.0440. The standard InChI is InChI=1S/C18H26ClNO5/c1-10(2)12(5)20-16(21)9-24-18(22)13-7-14(19)17(25-11(3)4)15(8-13)23-6/h7-8,10-12H,9H2,1-6H3,(H,20,21)/t12-/m0/s1. The summed E-state index contributed by atoms with van der Waals surface area (Å²) in [6.07, 6.45) is -0.101. The van der Waals surface area contributed by atoms with Crippen LogP contribution >= 0.6 is 11.6 Å². The van der Waals surface area contributed by atoms with Gasteiger partial charge in [0.15, 0.2) is 18.1 Å². The van der Waals surface area contributed by atoms with Crippen LogP contribution in [0.3, 0.4) is 0 Å². The van der Waals surface area contributed by atoms with Crippen molar-refractivity contribution in [1.82, 2.24) is 5.32 Å². The maximum Gasteiger partial charge on any atom is 0.338 e. The van der Waals surface area contributed by atoms with Crippen LogP contribution in [0.25, 0.3) is 0 Å². The molecule has 0 saturated heterocycles. The lowest BCUT2D eigenvalue weighted by Gasteiger charge is -2.17. The van der Waals surface area contributed by atoms with Gasteiger partial charge in [-0.1, -0.05) is 25.4 Å². The smallest absolute Gasteiger partial charge is 0.338 e. The summed E-state index contributed by atoms with van der Waals surface area (Å²) in [7, 11) is 1.45. The first kappa shape index (κ1) is 21.1. The number of rotatable bonds is 8. The zero-order valence-corrected chi connectivity index (χ0v) is 16.3. The molecule has 1 aromatic carbocycles. The summed E-state index contributed by atoms with van der Waals surface area (Å²) in [5, 5.41) is 3.00. The second-order valence-electron chi connectivity index (χ2n) is 6.33. The number of ether oxygens (including phenoxy) is 3. The van der Waals surface area contributed by atoms with E-state index in [0.717, 1.165) is 0 Å². The molecule has 0 aliphatic carbocycles. The molecule has 0 unspecified atom stereocenters. The Morgan fingerprint density at radius 2 is 1.80 bits per heavy atom. The van der Waals surface area contributed by atoms with Crippen molar-refractivity contribution in [1.29, 1.82) is 0 Å². The van der Waals surface area contributed by atoms with Gasteiger partial charge in [-0.2, -0.15) is 0 Å². The Morgan fingerprint density at radius 3 is 2.32 bits per heavy atom. The Labute approximate surface area is 153 Å². The van der Waals surface area contributed by atoms with Gasteiger partial charge in [-0.3, -0.25) is 4.79 Å². The second-order valence-corrected chi connectivity index (χ2v) is 6.74. The molecule has 7 heteroatoms. The Morgan fingerprint density at radius 1 is 1.16 bits per heavy atom. The van der Waals surface area contributed by atoms with Crippen molar-refractivity contribution in [2.75, 3.05) is 13.7 Å². The van der Waals surface area contributed by atoms with Crippen molar-refractivity contribution in [3.05, 3.63) is 22.7 Å². The van der Waals surface area contributed by atoms with E-state index in [-0.39, 0.29) is 41.2 Å². The molecule has 0 radical (unpaired) electrons. The maximum atomic E-state index is 12.2. The summed E-state index contributed by atoms with van der Waals surface area (Å²) >= 11 is 6.18. The first-order chi connectivity index (χ1) is 11.6. The molecule has 0 aromatic heterocycles. The van der Waals surface area contributed by atoms with E-state index in [1.165, 1.54) is 19.2 Å². The predicted octanol–water partition coefficient (Wildman–Crippen LogP) is 3.45. The fourth-order valence-corrected chi connectivity index (χ4v) is 2.12. The third kappa shape index (κ3) is 6.46. The van der Waals surface area contributed by atoms with Crippen molar-refractivity contribution < 1.29 is 23.8 Å². The number of halogens is 1. The predicted molar refractivity (Wildman–Crippen MR) is 96.5 cm³/mol. The highest BCUT2D eigenvalue weighted by Crippen LogP contribution is 2.37. The average molecular weight is 372 g/mol. The summed E-state index contributed by atoms with van der Waals surface area (Å²) in [6, 6.07) is 2.90. The van der Waals surface area contributed by atoms with Crippen molar-refractivity contribution in [3.8, 4) is 11.5 Å². The van der Waals surface area contributed by atoms with Gasteiger partial charge in [-0.05, 0) is 38.8 Å². The SMILES string of the molecule is COc1cc(C(=O)OCC(=O)N[C@@H](C)C(C)C)cc(Cl)c1OC(C)C. The average Bonchev–Trinajstić information content (AvgIpc) is 2.53. The maximum absolute atomic E-state index is 12.2. The molecule has 140 valence electrons. The van der Waals surface area contributed by atoms with E-state index >= 15 is 0 Å². The third-order valence-electron chi connectivity index (χ3n) is 3.54. The van der Waals surface area contributed by atoms with Crippen molar-refractivity contribution in [3.63, 3.8) is 0 Å². The van der Waals surface area contributed by atoms with Gasteiger partial charge in [-0.25, -0.2) is 4.79 Å². The van der Waals surface area contributed by atoms with Crippen LogP contribution in [0.2, 0.25) is 5.02 Å². The topological polar surface area (TPSA) is 73.9 Å². The molecule has 25 heavy (non-hydrogen) atoms. The molecule has 0 heterocycles. The highest BCUT2D eigenvalue weighted by Gasteiger charge is 2.19. The number of hydrogen-bond donors (Lipinski definition) is 1. The van der Waals surface area contributed by atoms with E-state index in [9.17, 15) is 9.59 Å². The van der Waals surface area contributed by atoms with Gasteiger partial charge in [0.2, 0.25) is 0 Å². The summed E-state index contributed by atoms with van der Waals surface area (Å²) in [5.41, 5.74) is 0.183. The molecular weight excluding hydrogens is 346 g/mol. The molecule has 0 fully saturated rings. The lowest BCUT2D eigenvalue weighted by atomic mass is 10.1. The summed E-state index contributed by atoms with van der Waals surface area (Å²) < 4.78 is 15.9. The molecular formula is C18H26ClNO5. The Kier molecular flexibility index (Phi) is 8.03. The molecule has 0 bridgehead atoms. The molecule has 1 atom stereocenters. The minimum absolute atomic E-state index is 0.00629. The van der Waals surface area contributed by atoms with Gasteiger partial charge in [-0.15, -0.1) is 0 Å². The summed E-state index contributed by atoms with van der Waals surface area (Å²) in [6.45, 7) is 9.23. The number of methoxy groups -OCH3 is 1. The molecule has 1 aromatic rings. The fraction of sp³-hybridized carbons (Fsp3) is 0.556. The number of benzene rings is 1. The molecule has 1 rings (SSSR count). The van der Waals surface area contributed by atoms with Crippen LogP contribution in [-0.2, 0) is 9.53 Å². The Balaban J connectivity index is 2.79. The van der Waals surface area contributed by atoms with Crippen molar-refractivity contribution in [2.24, 2.45) is 5.92 Å². The number of nitrogens with one attached hydrogen (secondary N) is 1. The molecule has 0 aliphatic heterocycles. The number of carbonyl (C=O) groups excluding carboxylic acids is 2. The Hall–Kier alpha value is -1.95. The van der Waals surface area contributed by atoms with Gasteiger partial charge < -0.3 is 19.5 Å². The molecule has 0 aliphatic rings. The fourth-order valence-electron chi connectivity index (χ4n) is 1.86. The van der Waals surface area contributed by atoms with E-state index in [0.29, 0.717) is 11.5 Å². The summed E-state index contributed by atoms with van der Waals surface area (Å²) in [4.78, 5) is 24.0. The lowest BCUT2D eigenvalue weighted by Crippen LogP contribution is -2.38. The van der Waals surface area contributed by atoms with Crippen molar-refractivity contribution in [2.45, 2.75) is 46.8 Å². The molecule has 1 amide bonds. The van der Waals surface area contributed by atoms with Gasteiger partial charge in [0, 0.05) is 6.04 Å². The quantitative estimate of drug-likeness (QED) is 0.708. The van der Waals surface area contributed by atoms with E-state index in [1.807, 2.05) is 34.6 Å². The lowest BCUT2D eigenvalue weighted by molar-refractivity contribution is -0.125. The van der Waals surface area contributed by atoms with Crippen LogP contribution in [0.1, 0.15) is 45.0 Å². The number of amides is 1. The number of esters is 1. The van der Waals surface area contributed by atoms with Gasteiger partial charge in [0.25, 0.3) is 5.91 Å². The second kappa shape index (κ2) is 9.51. The van der Waals surface area contributed by atoms with Gasteiger partial charge in [0.1, 0.15) is 0 Å². The van der Waals surface area contributed by atoms with Crippen LogP contribution in [0.4, 0.5) is 0 Å². The third-order valence-corrected chi connectivity index (χ3v) is 3.82. The highest BCUT2D eigenvalue weighted by molar-refractivity contribution is 6.32. The van der Waals surface area contributed by atoms with Crippen LogP contribution in [0, 0.1) is 5.92 Å². The van der Waals surface area contributed by atoms with Gasteiger partial charge >= 0.3 is 5.97 Å². The zero-order valence-electron chi connectivity index (χ0n) is 15.5. The normalized spacial score (nSPS) is 12.0. The Bertz CT molecular complexity index is 616. The van der Waals surface area contributed by atoms with Crippen LogP contribution < -0.4 is 14.8 Å².